The molecule has 6 heteroatoms. The van der Waals surface area contributed by atoms with Crippen LogP contribution in [0.2, 0.25) is 0 Å². The highest BCUT2D eigenvalue weighted by Gasteiger charge is 2.54. The van der Waals surface area contributed by atoms with Crippen molar-refractivity contribution in [3.63, 3.8) is 0 Å². The number of fused-ring (bicyclic) bond motifs is 3. The first-order valence-corrected chi connectivity index (χ1v) is 12.1. The number of carbonyl (C=O) groups excluding carboxylic acids is 1. The van der Waals surface area contributed by atoms with Crippen LogP contribution in [0.4, 0.5) is 5.69 Å². The van der Waals surface area contributed by atoms with Crippen LogP contribution in [0.1, 0.15) is 56.3 Å². The third kappa shape index (κ3) is 3.48. The Labute approximate surface area is 190 Å². The van der Waals surface area contributed by atoms with Crippen LogP contribution in [0.25, 0.3) is 10.9 Å². The number of carbonyl (C=O) groups is 2. The van der Waals surface area contributed by atoms with Gasteiger partial charge < -0.3 is 19.9 Å². The third-order valence-corrected chi connectivity index (χ3v) is 8.90. The number of carboxylic acid groups (broad SMARTS) is 1. The number of aryl methyl sites for hydroxylation is 1. The number of hydrogen-bond acceptors (Lipinski definition) is 3. The van der Waals surface area contributed by atoms with Gasteiger partial charge in [0, 0.05) is 44.0 Å². The van der Waals surface area contributed by atoms with Crippen LogP contribution in [0, 0.1) is 29.1 Å². The number of amides is 1. The molecule has 2 aromatic rings. The Bertz CT molecular complexity index is 1050. The Morgan fingerprint density at radius 3 is 2.75 bits per heavy atom. The van der Waals surface area contributed by atoms with Gasteiger partial charge in [0.25, 0.3) is 0 Å². The summed E-state index contributed by atoms with van der Waals surface area (Å²) in [7, 11) is 1.88. The van der Waals surface area contributed by atoms with E-state index in [0.29, 0.717) is 16.9 Å². The number of piperidine rings is 1. The number of nitrogens with one attached hydrogen (secondary N) is 1. The highest BCUT2D eigenvalue weighted by molar-refractivity contribution is 6.04. The van der Waals surface area contributed by atoms with Crippen LogP contribution in [-0.4, -0.2) is 41.2 Å². The molecule has 1 aromatic carbocycles. The first-order chi connectivity index (χ1) is 15.3. The zero-order valence-corrected chi connectivity index (χ0v) is 19.4. The predicted octanol–water partition coefficient (Wildman–Crippen LogP) is 4.28. The highest BCUT2D eigenvalue weighted by Crippen LogP contribution is 2.61. The van der Waals surface area contributed by atoms with E-state index in [1.165, 1.54) is 19.3 Å². The van der Waals surface area contributed by atoms with E-state index in [1.54, 1.807) is 6.20 Å². The number of rotatable bonds is 5. The quantitative estimate of drug-likeness (QED) is 0.732. The summed E-state index contributed by atoms with van der Waals surface area (Å²) in [5, 5.41) is 13.5. The molecule has 6 rings (SSSR count). The highest BCUT2D eigenvalue weighted by atomic mass is 16.4. The van der Waals surface area contributed by atoms with Gasteiger partial charge in [-0.2, -0.15) is 0 Å². The normalized spacial score (nSPS) is 28.9. The lowest BCUT2D eigenvalue weighted by Gasteiger charge is -2.60. The number of benzene rings is 1. The molecule has 0 radical (unpaired) electrons. The van der Waals surface area contributed by atoms with Crippen molar-refractivity contribution in [3.8, 4) is 0 Å². The van der Waals surface area contributed by atoms with E-state index in [1.807, 2.05) is 23.7 Å². The van der Waals surface area contributed by atoms with E-state index < -0.39 is 5.97 Å². The van der Waals surface area contributed by atoms with Gasteiger partial charge in [0.1, 0.15) is 0 Å². The van der Waals surface area contributed by atoms with E-state index in [9.17, 15) is 14.7 Å². The molecule has 2 bridgehead atoms. The smallest absolute Gasteiger partial charge is 0.337 e. The number of anilines is 1. The summed E-state index contributed by atoms with van der Waals surface area (Å²) in [6.07, 6.45) is 7.50. The van der Waals surface area contributed by atoms with E-state index in [-0.39, 0.29) is 11.8 Å². The second-order valence-electron chi connectivity index (χ2n) is 10.9. The first kappa shape index (κ1) is 21.4. The van der Waals surface area contributed by atoms with Gasteiger partial charge in [-0.25, -0.2) is 4.79 Å². The lowest BCUT2D eigenvalue weighted by atomic mass is 9.45. The molecule has 3 saturated carbocycles. The van der Waals surface area contributed by atoms with Crippen molar-refractivity contribution in [3.05, 3.63) is 30.0 Å². The van der Waals surface area contributed by atoms with Gasteiger partial charge in [0.2, 0.25) is 5.91 Å². The van der Waals surface area contributed by atoms with Crippen molar-refractivity contribution in [2.75, 3.05) is 24.5 Å². The van der Waals surface area contributed by atoms with Gasteiger partial charge in [0.15, 0.2) is 0 Å². The number of nitrogens with zero attached hydrogens (tertiary/aromatic N) is 2. The fourth-order valence-electron chi connectivity index (χ4n) is 6.75. The Morgan fingerprint density at radius 2 is 2.03 bits per heavy atom. The second-order valence-corrected chi connectivity index (χ2v) is 10.9. The predicted molar refractivity (Wildman–Crippen MR) is 126 cm³/mol. The van der Waals surface area contributed by atoms with E-state index in [2.05, 4.69) is 30.1 Å². The largest absolute Gasteiger partial charge is 0.478 e. The summed E-state index contributed by atoms with van der Waals surface area (Å²) in [5.74, 6) is 1.57. The summed E-state index contributed by atoms with van der Waals surface area (Å²) in [6, 6.07) is 5.94. The third-order valence-electron chi connectivity index (χ3n) is 8.90. The van der Waals surface area contributed by atoms with Crippen molar-refractivity contribution in [1.29, 1.82) is 0 Å². The molecule has 2 heterocycles. The number of aromatic carboxylic acids is 1. The van der Waals surface area contributed by atoms with Crippen molar-refractivity contribution in [2.24, 2.45) is 36.1 Å². The molecule has 4 atom stereocenters. The Balaban J connectivity index is 1.24. The van der Waals surface area contributed by atoms with Gasteiger partial charge in [-0.1, -0.05) is 13.8 Å². The van der Waals surface area contributed by atoms with Crippen LogP contribution < -0.4 is 10.2 Å². The standard InChI is InChI=1S/C26H35N3O3/c1-26(2)18-7-6-16(22(26)11-18)13-27-24(30)17-5-4-10-29(14-17)19-8-9-20-21(25(31)32)15-28(3)23(20)12-19/h8-9,12,15-18,22H,4-7,10-11,13-14H2,1-3H3,(H,27,30)(H,31,32)/t16-,17+,18-,22-/m0/s1. The SMILES string of the molecule is Cn1cc(C(=O)O)c2ccc(N3CCC[C@@H](C(=O)NC[C@@H]4CC[C@H]5C[C@@H]4C5(C)C)C3)cc21. The Kier molecular flexibility index (Phi) is 5.22. The van der Waals surface area contributed by atoms with Gasteiger partial charge in [-0.05, 0) is 73.5 Å². The minimum Gasteiger partial charge on any atom is -0.478 e. The van der Waals surface area contributed by atoms with Gasteiger partial charge >= 0.3 is 5.97 Å². The van der Waals surface area contributed by atoms with Crippen molar-refractivity contribution in [2.45, 2.75) is 46.0 Å². The van der Waals surface area contributed by atoms with E-state index in [0.717, 1.165) is 60.9 Å². The maximum absolute atomic E-state index is 13.0. The Morgan fingerprint density at radius 1 is 1.22 bits per heavy atom. The van der Waals surface area contributed by atoms with Crippen LogP contribution in [0.5, 0.6) is 0 Å². The monoisotopic (exact) mass is 437 g/mol. The molecule has 0 unspecified atom stereocenters. The van der Waals surface area contributed by atoms with E-state index in [4.69, 9.17) is 0 Å². The molecule has 172 valence electrons. The van der Waals surface area contributed by atoms with Crippen molar-refractivity contribution < 1.29 is 14.7 Å². The summed E-state index contributed by atoms with van der Waals surface area (Å²) in [6.45, 7) is 7.27. The molecular weight excluding hydrogens is 402 g/mol. The lowest BCUT2D eigenvalue weighted by molar-refractivity contribution is -0.128. The fourth-order valence-corrected chi connectivity index (χ4v) is 6.75. The molecule has 1 aromatic heterocycles. The molecular formula is C26H35N3O3. The number of hydrogen-bond donors (Lipinski definition) is 2. The molecule has 2 N–H and O–H groups in total. The molecule has 6 nitrogen and oxygen atoms in total. The molecule has 32 heavy (non-hydrogen) atoms. The first-order valence-electron chi connectivity index (χ1n) is 12.1. The summed E-state index contributed by atoms with van der Waals surface area (Å²) < 4.78 is 1.87. The van der Waals surface area contributed by atoms with Crippen LogP contribution in [0.3, 0.4) is 0 Å². The van der Waals surface area contributed by atoms with Gasteiger partial charge in [-0.3, -0.25) is 4.79 Å². The molecule has 1 saturated heterocycles. The van der Waals surface area contributed by atoms with Crippen LogP contribution in [-0.2, 0) is 11.8 Å². The summed E-state index contributed by atoms with van der Waals surface area (Å²) in [5.41, 5.74) is 2.74. The van der Waals surface area contributed by atoms with Crippen molar-refractivity contribution >= 4 is 28.5 Å². The zero-order valence-electron chi connectivity index (χ0n) is 19.4. The molecule has 1 amide bonds. The lowest BCUT2D eigenvalue weighted by Crippen LogP contribution is -2.55. The average Bonchev–Trinajstić information content (AvgIpc) is 3.13. The minimum absolute atomic E-state index is 0.00757. The van der Waals surface area contributed by atoms with Crippen LogP contribution >= 0.6 is 0 Å². The molecule has 3 aliphatic carbocycles. The molecule has 4 aliphatic rings. The molecule has 4 fully saturated rings. The zero-order chi connectivity index (χ0) is 22.6. The topological polar surface area (TPSA) is 74.6 Å². The Hall–Kier alpha value is -2.50. The minimum atomic E-state index is -0.906. The van der Waals surface area contributed by atoms with Crippen molar-refractivity contribution in [1.82, 2.24) is 9.88 Å². The number of carboxylic acids is 1. The fraction of sp³-hybridized carbons (Fsp3) is 0.615. The molecule has 0 spiro atoms. The second kappa shape index (κ2) is 7.82. The maximum atomic E-state index is 13.0. The van der Waals surface area contributed by atoms with Gasteiger partial charge in [0.05, 0.1) is 17.0 Å². The van der Waals surface area contributed by atoms with E-state index >= 15 is 0 Å². The van der Waals surface area contributed by atoms with Gasteiger partial charge in [-0.15, -0.1) is 0 Å². The number of aromatic nitrogens is 1. The maximum Gasteiger partial charge on any atom is 0.337 e. The summed E-state index contributed by atoms with van der Waals surface area (Å²) >= 11 is 0. The summed E-state index contributed by atoms with van der Waals surface area (Å²) in [4.78, 5) is 26.8. The van der Waals surface area contributed by atoms with Crippen LogP contribution in [0.15, 0.2) is 24.4 Å². The average molecular weight is 438 g/mol. The molecule has 1 aliphatic heterocycles.